The third-order valence-corrected chi connectivity index (χ3v) is 2.90. The first-order valence-corrected chi connectivity index (χ1v) is 5.63. The molecule has 0 saturated carbocycles. The second-order valence-electron chi connectivity index (χ2n) is 4.14. The second kappa shape index (κ2) is 6.66. The van der Waals surface area contributed by atoms with E-state index in [0.717, 1.165) is 38.1 Å². The van der Waals surface area contributed by atoms with E-state index in [2.05, 4.69) is 10.6 Å². The van der Waals surface area contributed by atoms with Crippen LogP contribution in [0.2, 0.25) is 0 Å². The van der Waals surface area contributed by atoms with Crippen LogP contribution in [0.4, 0.5) is 14.5 Å². The van der Waals surface area contributed by atoms with Gasteiger partial charge in [-0.05, 0) is 38.1 Å². The summed E-state index contributed by atoms with van der Waals surface area (Å²) in [5.41, 5.74) is 0.0370. The first kappa shape index (κ1) is 14.9. The molecule has 1 amide bonds. The van der Waals surface area contributed by atoms with E-state index in [9.17, 15) is 13.6 Å². The molecule has 1 aromatic carbocycles. The summed E-state index contributed by atoms with van der Waals surface area (Å²) in [6.07, 6.45) is 1.49. The topological polar surface area (TPSA) is 41.1 Å². The van der Waals surface area contributed by atoms with Gasteiger partial charge in [-0.3, -0.25) is 4.79 Å². The van der Waals surface area contributed by atoms with Crippen LogP contribution < -0.4 is 10.6 Å². The Kier molecular flexibility index (Phi) is 5.50. The molecule has 100 valence electrons. The maximum Gasteiger partial charge on any atom is 0.227 e. The van der Waals surface area contributed by atoms with Crippen molar-refractivity contribution >= 4 is 24.0 Å². The largest absolute Gasteiger partial charge is 0.323 e. The molecule has 0 unspecified atom stereocenters. The number of rotatable bonds is 2. The van der Waals surface area contributed by atoms with E-state index in [4.69, 9.17) is 0 Å². The molecule has 2 N–H and O–H groups in total. The highest BCUT2D eigenvalue weighted by atomic mass is 35.5. The zero-order chi connectivity index (χ0) is 12.3. The normalized spacial score (nSPS) is 15.9. The molecule has 1 saturated heterocycles. The molecule has 0 radical (unpaired) electrons. The average Bonchev–Trinajstić information content (AvgIpc) is 2.34. The Morgan fingerprint density at radius 3 is 2.56 bits per heavy atom. The fourth-order valence-corrected chi connectivity index (χ4v) is 1.91. The van der Waals surface area contributed by atoms with Crippen LogP contribution in [-0.4, -0.2) is 19.0 Å². The molecule has 0 spiro atoms. The molecule has 3 nitrogen and oxygen atoms in total. The molecule has 2 rings (SSSR count). The van der Waals surface area contributed by atoms with Crippen molar-refractivity contribution in [1.82, 2.24) is 5.32 Å². The first-order valence-electron chi connectivity index (χ1n) is 5.63. The maximum atomic E-state index is 13.3. The molecule has 1 aliphatic rings. The summed E-state index contributed by atoms with van der Waals surface area (Å²) in [6.45, 7) is 1.59. The predicted octanol–water partition coefficient (Wildman–Crippen LogP) is 2.32. The molecule has 0 atom stereocenters. The molecule has 1 aromatic rings. The Balaban J connectivity index is 0.00000162. The van der Waals surface area contributed by atoms with Gasteiger partial charge in [0.15, 0.2) is 0 Å². The van der Waals surface area contributed by atoms with Gasteiger partial charge in [0.2, 0.25) is 5.91 Å². The minimum Gasteiger partial charge on any atom is -0.323 e. The van der Waals surface area contributed by atoms with Gasteiger partial charge in [0.25, 0.3) is 0 Å². The maximum absolute atomic E-state index is 13.3. The standard InChI is InChI=1S/C12H14F2N2O.ClH/c13-9-1-2-11(10(14)7-9)16-12(17)8-3-5-15-6-4-8;/h1-2,7-8,15H,3-6H2,(H,16,17);1H. The lowest BCUT2D eigenvalue weighted by Crippen LogP contribution is -2.34. The molecule has 6 heteroatoms. The second-order valence-corrected chi connectivity index (χ2v) is 4.14. The van der Waals surface area contributed by atoms with Gasteiger partial charge >= 0.3 is 0 Å². The van der Waals surface area contributed by atoms with Crippen molar-refractivity contribution < 1.29 is 13.6 Å². The fraction of sp³-hybridized carbons (Fsp3) is 0.417. The minimum atomic E-state index is -0.743. The number of halogens is 3. The van der Waals surface area contributed by atoms with Crippen molar-refractivity contribution in [3.05, 3.63) is 29.8 Å². The summed E-state index contributed by atoms with van der Waals surface area (Å²) < 4.78 is 26.0. The van der Waals surface area contributed by atoms with E-state index in [-0.39, 0.29) is 29.9 Å². The van der Waals surface area contributed by atoms with Crippen LogP contribution in [-0.2, 0) is 4.79 Å². The number of carbonyl (C=O) groups excluding carboxylic acids is 1. The summed E-state index contributed by atoms with van der Waals surface area (Å²) in [5, 5.41) is 5.65. The van der Waals surface area contributed by atoms with Gasteiger partial charge in [-0.25, -0.2) is 8.78 Å². The van der Waals surface area contributed by atoms with Gasteiger partial charge in [-0.1, -0.05) is 0 Å². The first-order chi connectivity index (χ1) is 8.16. The number of hydrogen-bond donors (Lipinski definition) is 2. The van der Waals surface area contributed by atoms with Crippen molar-refractivity contribution in [1.29, 1.82) is 0 Å². The SMILES string of the molecule is Cl.O=C(Nc1ccc(F)cc1F)C1CCNCC1. The van der Waals surface area contributed by atoms with E-state index >= 15 is 0 Å². The van der Waals surface area contributed by atoms with Crippen molar-refractivity contribution in [2.24, 2.45) is 5.92 Å². The number of nitrogens with one attached hydrogen (secondary N) is 2. The van der Waals surface area contributed by atoms with Crippen molar-refractivity contribution in [2.45, 2.75) is 12.8 Å². The van der Waals surface area contributed by atoms with E-state index < -0.39 is 11.6 Å². The molecule has 0 aliphatic carbocycles. The zero-order valence-corrected chi connectivity index (χ0v) is 10.5. The van der Waals surface area contributed by atoms with Crippen molar-refractivity contribution in [2.75, 3.05) is 18.4 Å². The van der Waals surface area contributed by atoms with Crippen LogP contribution in [0.15, 0.2) is 18.2 Å². The molecule has 18 heavy (non-hydrogen) atoms. The summed E-state index contributed by atoms with van der Waals surface area (Å²) in [6, 6.07) is 3.13. The van der Waals surface area contributed by atoms with Crippen LogP contribution in [0.5, 0.6) is 0 Å². The highest BCUT2D eigenvalue weighted by Gasteiger charge is 2.21. The van der Waals surface area contributed by atoms with Gasteiger partial charge in [0, 0.05) is 12.0 Å². The third-order valence-electron chi connectivity index (χ3n) is 2.90. The van der Waals surface area contributed by atoms with E-state index in [1.165, 1.54) is 6.07 Å². The summed E-state index contributed by atoms with van der Waals surface area (Å²) in [4.78, 5) is 11.8. The molecular formula is C12H15ClF2N2O. The van der Waals surface area contributed by atoms with Gasteiger partial charge in [0.1, 0.15) is 11.6 Å². The molecule has 1 aliphatic heterocycles. The molecule has 0 aromatic heterocycles. The zero-order valence-electron chi connectivity index (χ0n) is 9.71. The number of benzene rings is 1. The van der Waals surface area contributed by atoms with Gasteiger partial charge in [0.05, 0.1) is 5.69 Å². The Labute approximate surface area is 110 Å². The summed E-state index contributed by atoms with van der Waals surface area (Å²) in [7, 11) is 0. The lowest BCUT2D eigenvalue weighted by atomic mass is 9.97. The van der Waals surface area contributed by atoms with E-state index in [1.807, 2.05) is 0 Å². The predicted molar refractivity (Wildman–Crippen MR) is 67.8 cm³/mol. The highest BCUT2D eigenvalue weighted by molar-refractivity contribution is 5.92. The van der Waals surface area contributed by atoms with Gasteiger partial charge < -0.3 is 10.6 Å². The molecule has 1 fully saturated rings. The smallest absolute Gasteiger partial charge is 0.227 e. The van der Waals surface area contributed by atoms with Crippen LogP contribution in [0, 0.1) is 17.6 Å². The lowest BCUT2D eigenvalue weighted by molar-refractivity contribution is -0.120. The van der Waals surface area contributed by atoms with Gasteiger partial charge in [-0.15, -0.1) is 12.4 Å². The average molecular weight is 277 g/mol. The number of hydrogen-bond acceptors (Lipinski definition) is 2. The van der Waals surface area contributed by atoms with Crippen molar-refractivity contribution in [3.8, 4) is 0 Å². The number of carbonyl (C=O) groups is 1. The van der Waals surface area contributed by atoms with E-state index in [0.29, 0.717) is 0 Å². The Hall–Kier alpha value is -1.20. The molecular weight excluding hydrogens is 262 g/mol. The Bertz CT molecular complexity index is 423. The number of piperidine rings is 1. The minimum absolute atomic E-state index is 0. The van der Waals surface area contributed by atoms with Crippen LogP contribution in [0.1, 0.15) is 12.8 Å². The summed E-state index contributed by atoms with van der Waals surface area (Å²) in [5.74, 6) is -1.69. The highest BCUT2D eigenvalue weighted by Crippen LogP contribution is 2.18. The molecule has 0 bridgehead atoms. The van der Waals surface area contributed by atoms with E-state index in [1.54, 1.807) is 0 Å². The molecule has 1 heterocycles. The van der Waals surface area contributed by atoms with Crippen molar-refractivity contribution in [3.63, 3.8) is 0 Å². The monoisotopic (exact) mass is 276 g/mol. The number of amides is 1. The Morgan fingerprint density at radius 1 is 1.28 bits per heavy atom. The van der Waals surface area contributed by atoms with Gasteiger partial charge in [-0.2, -0.15) is 0 Å². The quantitative estimate of drug-likeness (QED) is 0.870. The summed E-state index contributed by atoms with van der Waals surface area (Å²) >= 11 is 0. The number of anilines is 1. The van der Waals surface area contributed by atoms with Crippen LogP contribution >= 0.6 is 12.4 Å². The van der Waals surface area contributed by atoms with Crippen LogP contribution in [0.3, 0.4) is 0 Å². The fourth-order valence-electron chi connectivity index (χ4n) is 1.91. The lowest BCUT2D eigenvalue weighted by Gasteiger charge is -2.21. The third kappa shape index (κ3) is 3.65. The Morgan fingerprint density at radius 2 is 1.94 bits per heavy atom. The van der Waals surface area contributed by atoms with Crippen LogP contribution in [0.25, 0.3) is 0 Å².